The molecule has 2 heteroatoms. The van der Waals surface area contributed by atoms with Crippen molar-refractivity contribution in [3.05, 3.63) is 33.4 Å². The number of nitrogens with one attached hydrogen (secondary N) is 1. The molecular formula is C11H14IN. The Labute approximate surface area is 93.1 Å². The van der Waals surface area contributed by atoms with Crippen molar-refractivity contribution in [1.29, 1.82) is 0 Å². The zero-order chi connectivity index (χ0) is 9.10. The van der Waals surface area contributed by atoms with E-state index in [1.54, 1.807) is 0 Å². The Hall–Kier alpha value is -0.0900. The minimum atomic E-state index is 0.857. The molecule has 0 radical (unpaired) electrons. The van der Waals surface area contributed by atoms with Gasteiger partial charge in [-0.25, -0.2) is 0 Å². The summed E-state index contributed by atoms with van der Waals surface area (Å²) in [5.74, 6) is 0.857. The first-order valence-electron chi connectivity index (χ1n) is 4.80. The van der Waals surface area contributed by atoms with Gasteiger partial charge in [-0.1, -0.05) is 18.2 Å². The summed E-state index contributed by atoms with van der Waals surface area (Å²) in [6.45, 7) is 2.40. The van der Waals surface area contributed by atoms with Crippen molar-refractivity contribution in [2.75, 3.05) is 13.1 Å². The molecule has 0 aromatic heterocycles. The summed E-state index contributed by atoms with van der Waals surface area (Å²) in [5, 5.41) is 3.41. The fourth-order valence-corrected chi connectivity index (χ4v) is 2.47. The standard InChI is InChI=1S/C11H14IN/c12-11-4-2-1-3-10(11)7-9-5-6-13-8-9/h1-4,9,13H,5-8H2. The normalized spacial score (nSPS) is 22.1. The molecule has 1 heterocycles. The number of hydrogen-bond acceptors (Lipinski definition) is 1. The van der Waals surface area contributed by atoms with Crippen LogP contribution in [-0.4, -0.2) is 13.1 Å². The maximum Gasteiger partial charge on any atom is 0.0162 e. The van der Waals surface area contributed by atoms with Gasteiger partial charge >= 0.3 is 0 Å². The van der Waals surface area contributed by atoms with Gasteiger partial charge in [-0.05, 0) is 66.1 Å². The summed E-state index contributed by atoms with van der Waals surface area (Å²) in [7, 11) is 0. The van der Waals surface area contributed by atoms with Gasteiger partial charge in [0.15, 0.2) is 0 Å². The van der Waals surface area contributed by atoms with Crippen molar-refractivity contribution in [1.82, 2.24) is 5.32 Å². The lowest BCUT2D eigenvalue weighted by Crippen LogP contribution is -2.11. The predicted molar refractivity (Wildman–Crippen MR) is 63.8 cm³/mol. The fourth-order valence-electron chi connectivity index (χ4n) is 1.86. The monoisotopic (exact) mass is 287 g/mol. The Bertz CT molecular complexity index is 279. The largest absolute Gasteiger partial charge is 0.316 e. The molecule has 0 aliphatic carbocycles. The van der Waals surface area contributed by atoms with E-state index >= 15 is 0 Å². The van der Waals surface area contributed by atoms with Crippen LogP contribution in [-0.2, 0) is 6.42 Å². The molecule has 1 aliphatic heterocycles. The topological polar surface area (TPSA) is 12.0 Å². The Kier molecular flexibility index (Phi) is 3.22. The van der Waals surface area contributed by atoms with Crippen molar-refractivity contribution >= 4 is 22.6 Å². The third-order valence-corrected chi connectivity index (χ3v) is 3.68. The molecule has 1 aromatic rings. The summed E-state index contributed by atoms with van der Waals surface area (Å²) < 4.78 is 1.41. The molecule has 1 saturated heterocycles. The van der Waals surface area contributed by atoms with Gasteiger partial charge in [0.25, 0.3) is 0 Å². The molecule has 1 atom stereocenters. The summed E-state index contributed by atoms with van der Waals surface area (Å²) in [5.41, 5.74) is 1.51. The summed E-state index contributed by atoms with van der Waals surface area (Å²) in [6.07, 6.45) is 2.58. The van der Waals surface area contributed by atoms with E-state index in [1.165, 1.54) is 35.1 Å². The number of hydrogen-bond donors (Lipinski definition) is 1. The van der Waals surface area contributed by atoms with Crippen LogP contribution in [0.2, 0.25) is 0 Å². The molecule has 2 rings (SSSR count). The van der Waals surface area contributed by atoms with E-state index in [2.05, 4.69) is 52.2 Å². The lowest BCUT2D eigenvalue weighted by molar-refractivity contribution is 0.579. The third kappa shape index (κ3) is 2.44. The van der Waals surface area contributed by atoms with Crippen LogP contribution in [0.4, 0.5) is 0 Å². The van der Waals surface area contributed by atoms with E-state index in [0.29, 0.717) is 0 Å². The van der Waals surface area contributed by atoms with Crippen LogP contribution >= 0.6 is 22.6 Å². The van der Waals surface area contributed by atoms with E-state index in [9.17, 15) is 0 Å². The second kappa shape index (κ2) is 4.42. The van der Waals surface area contributed by atoms with Crippen LogP contribution in [0.25, 0.3) is 0 Å². The second-order valence-corrected chi connectivity index (χ2v) is 4.82. The minimum Gasteiger partial charge on any atom is -0.316 e. The molecule has 1 aliphatic rings. The predicted octanol–water partition coefficient (Wildman–Crippen LogP) is 2.44. The Morgan fingerprint density at radius 2 is 2.23 bits per heavy atom. The maximum atomic E-state index is 3.41. The lowest BCUT2D eigenvalue weighted by atomic mass is 9.99. The second-order valence-electron chi connectivity index (χ2n) is 3.65. The van der Waals surface area contributed by atoms with E-state index in [1.807, 2.05) is 0 Å². The maximum absolute atomic E-state index is 3.41. The molecule has 1 fully saturated rings. The fraction of sp³-hybridized carbons (Fsp3) is 0.455. The quantitative estimate of drug-likeness (QED) is 0.824. The van der Waals surface area contributed by atoms with E-state index < -0.39 is 0 Å². The Balaban J connectivity index is 2.04. The molecule has 1 N–H and O–H groups in total. The number of rotatable bonds is 2. The molecule has 0 spiro atoms. The zero-order valence-electron chi connectivity index (χ0n) is 7.59. The van der Waals surface area contributed by atoms with Gasteiger partial charge in [-0.3, -0.25) is 0 Å². The van der Waals surface area contributed by atoms with E-state index in [4.69, 9.17) is 0 Å². The Morgan fingerprint density at radius 3 is 2.92 bits per heavy atom. The van der Waals surface area contributed by atoms with Crippen molar-refractivity contribution in [3.63, 3.8) is 0 Å². The van der Waals surface area contributed by atoms with Gasteiger partial charge < -0.3 is 5.32 Å². The molecule has 1 nitrogen and oxygen atoms in total. The first kappa shape index (κ1) is 9.46. The SMILES string of the molecule is Ic1ccccc1CC1CCNC1. The van der Waals surface area contributed by atoms with Crippen molar-refractivity contribution in [2.45, 2.75) is 12.8 Å². The molecule has 0 amide bonds. The lowest BCUT2D eigenvalue weighted by Gasteiger charge is -2.09. The number of benzene rings is 1. The minimum absolute atomic E-state index is 0.857. The number of halogens is 1. The summed E-state index contributed by atoms with van der Waals surface area (Å²) >= 11 is 2.43. The van der Waals surface area contributed by atoms with Crippen molar-refractivity contribution < 1.29 is 0 Å². The van der Waals surface area contributed by atoms with Crippen LogP contribution in [0, 0.1) is 9.49 Å². The van der Waals surface area contributed by atoms with Gasteiger partial charge in [-0.15, -0.1) is 0 Å². The highest BCUT2D eigenvalue weighted by Crippen LogP contribution is 2.19. The van der Waals surface area contributed by atoms with Gasteiger partial charge in [0.05, 0.1) is 0 Å². The summed E-state index contributed by atoms with van der Waals surface area (Å²) in [6, 6.07) is 8.69. The van der Waals surface area contributed by atoms with Crippen LogP contribution in [0.5, 0.6) is 0 Å². The van der Waals surface area contributed by atoms with E-state index in [-0.39, 0.29) is 0 Å². The molecule has 70 valence electrons. The highest BCUT2D eigenvalue weighted by atomic mass is 127. The van der Waals surface area contributed by atoms with Gasteiger partial charge in [0.1, 0.15) is 0 Å². The highest BCUT2D eigenvalue weighted by molar-refractivity contribution is 14.1. The molecule has 0 bridgehead atoms. The van der Waals surface area contributed by atoms with Gasteiger partial charge in [0, 0.05) is 3.57 Å². The van der Waals surface area contributed by atoms with Gasteiger partial charge in [-0.2, -0.15) is 0 Å². The molecular weight excluding hydrogens is 273 g/mol. The zero-order valence-corrected chi connectivity index (χ0v) is 9.75. The average Bonchev–Trinajstić information content (AvgIpc) is 2.61. The molecule has 1 unspecified atom stereocenters. The van der Waals surface area contributed by atoms with Crippen LogP contribution < -0.4 is 5.32 Å². The first-order chi connectivity index (χ1) is 6.36. The smallest absolute Gasteiger partial charge is 0.0162 e. The highest BCUT2D eigenvalue weighted by Gasteiger charge is 2.15. The average molecular weight is 287 g/mol. The van der Waals surface area contributed by atoms with Crippen molar-refractivity contribution in [2.24, 2.45) is 5.92 Å². The van der Waals surface area contributed by atoms with Crippen LogP contribution in [0.15, 0.2) is 24.3 Å². The first-order valence-corrected chi connectivity index (χ1v) is 5.88. The van der Waals surface area contributed by atoms with Gasteiger partial charge in [0.2, 0.25) is 0 Å². The summed E-state index contributed by atoms with van der Waals surface area (Å²) in [4.78, 5) is 0. The van der Waals surface area contributed by atoms with Crippen molar-refractivity contribution in [3.8, 4) is 0 Å². The van der Waals surface area contributed by atoms with Crippen LogP contribution in [0.3, 0.4) is 0 Å². The Morgan fingerprint density at radius 1 is 1.38 bits per heavy atom. The molecule has 1 aromatic carbocycles. The third-order valence-electron chi connectivity index (χ3n) is 2.63. The van der Waals surface area contributed by atoms with E-state index in [0.717, 1.165) is 5.92 Å². The molecule has 13 heavy (non-hydrogen) atoms. The molecule has 0 saturated carbocycles. The van der Waals surface area contributed by atoms with Crippen LogP contribution in [0.1, 0.15) is 12.0 Å².